The topological polar surface area (TPSA) is 59.7 Å². The van der Waals surface area contributed by atoms with E-state index in [2.05, 4.69) is 21.6 Å². The van der Waals surface area contributed by atoms with Gasteiger partial charge in [-0.25, -0.2) is 4.98 Å². The minimum atomic E-state index is -0.606. The summed E-state index contributed by atoms with van der Waals surface area (Å²) in [5.74, 6) is 0.754. The highest BCUT2D eigenvalue weighted by molar-refractivity contribution is 7.18. The molecule has 0 radical (unpaired) electrons. The number of aryl methyl sites for hydroxylation is 1. The molecule has 1 amide bonds. The summed E-state index contributed by atoms with van der Waals surface area (Å²) in [7, 11) is 1.77. The molecule has 140 valence electrons. The number of carbonyl (C=O) groups excluding carboxylic acids is 1. The zero-order valence-corrected chi connectivity index (χ0v) is 16.6. The average molecular weight is 403 g/mol. The molecule has 0 fully saturated rings. The molecular formula is C19H19ClN4O2S. The minimum Gasteiger partial charge on any atom is -0.382 e. The number of likely N-dealkylation sites (N-methyl/N-ethyl adjacent to an activating group) is 1. The van der Waals surface area contributed by atoms with E-state index in [4.69, 9.17) is 16.4 Å². The Hall–Kier alpha value is -2.38. The quantitative estimate of drug-likeness (QED) is 0.649. The summed E-state index contributed by atoms with van der Waals surface area (Å²) in [6.45, 7) is 3.29. The van der Waals surface area contributed by atoms with E-state index >= 15 is 0 Å². The molecule has 1 aromatic carbocycles. The Morgan fingerprint density at radius 3 is 2.93 bits per heavy atom. The zero-order valence-electron chi connectivity index (χ0n) is 15.1. The van der Waals surface area contributed by atoms with E-state index in [1.807, 2.05) is 36.4 Å². The molecule has 0 bridgehead atoms. The number of oxime groups is 1. The van der Waals surface area contributed by atoms with E-state index in [0.29, 0.717) is 17.3 Å². The van der Waals surface area contributed by atoms with Crippen molar-refractivity contribution in [3.8, 4) is 0 Å². The lowest BCUT2D eigenvalue weighted by atomic mass is 10.1. The van der Waals surface area contributed by atoms with Gasteiger partial charge in [0, 0.05) is 20.0 Å². The molecule has 27 heavy (non-hydrogen) atoms. The van der Waals surface area contributed by atoms with Gasteiger partial charge in [0.05, 0.1) is 26.8 Å². The van der Waals surface area contributed by atoms with Gasteiger partial charge >= 0.3 is 0 Å². The van der Waals surface area contributed by atoms with Crippen molar-refractivity contribution in [2.24, 2.45) is 5.16 Å². The molecule has 0 saturated heterocycles. The van der Waals surface area contributed by atoms with Crippen molar-refractivity contribution in [3.05, 3.63) is 51.4 Å². The third kappa shape index (κ3) is 3.44. The number of benzene rings is 1. The van der Waals surface area contributed by atoms with Gasteiger partial charge in [0.15, 0.2) is 0 Å². The summed E-state index contributed by atoms with van der Waals surface area (Å²) in [5.41, 5.74) is 2.78. The number of aromatic nitrogens is 2. The molecule has 6 nitrogen and oxygen atoms in total. The molecular weight excluding hydrogens is 384 g/mol. The summed E-state index contributed by atoms with van der Waals surface area (Å²) in [5, 5.41) is 4.08. The first-order valence-electron chi connectivity index (χ1n) is 8.74. The average Bonchev–Trinajstić information content (AvgIpc) is 3.38. The van der Waals surface area contributed by atoms with Crippen LogP contribution in [0.2, 0.25) is 4.34 Å². The molecule has 4 rings (SSSR count). The second-order valence-corrected chi connectivity index (χ2v) is 8.11. The zero-order chi connectivity index (χ0) is 19.0. The molecule has 1 aliphatic heterocycles. The SMILES string of the molecule is CCn1c(CN(C)C(=O)C2CC(c3ccc(Cl)s3)=NO2)nc2ccccc21. The molecule has 1 unspecified atom stereocenters. The van der Waals surface area contributed by atoms with Crippen LogP contribution >= 0.6 is 22.9 Å². The summed E-state index contributed by atoms with van der Waals surface area (Å²) < 4.78 is 2.82. The summed E-state index contributed by atoms with van der Waals surface area (Å²) in [6.07, 6.45) is -0.158. The van der Waals surface area contributed by atoms with Crippen LogP contribution in [0.5, 0.6) is 0 Å². The molecule has 3 aromatic rings. The Morgan fingerprint density at radius 2 is 2.19 bits per heavy atom. The minimum absolute atomic E-state index is 0.105. The van der Waals surface area contributed by atoms with Gasteiger partial charge in [-0.3, -0.25) is 4.79 Å². The van der Waals surface area contributed by atoms with Crippen LogP contribution in [0.15, 0.2) is 41.6 Å². The van der Waals surface area contributed by atoms with Crippen LogP contribution in [0.25, 0.3) is 11.0 Å². The smallest absolute Gasteiger partial charge is 0.267 e. The van der Waals surface area contributed by atoms with Gasteiger partial charge in [0.25, 0.3) is 5.91 Å². The number of carbonyl (C=O) groups is 1. The Bertz CT molecular complexity index is 1030. The predicted octanol–water partition coefficient (Wildman–Crippen LogP) is 3.92. The molecule has 2 aromatic heterocycles. The number of fused-ring (bicyclic) bond motifs is 1. The van der Waals surface area contributed by atoms with Gasteiger partial charge in [-0.2, -0.15) is 0 Å². The van der Waals surface area contributed by atoms with Crippen LogP contribution < -0.4 is 0 Å². The van der Waals surface area contributed by atoms with Crippen LogP contribution in [0.1, 0.15) is 24.0 Å². The fourth-order valence-corrected chi connectivity index (χ4v) is 4.29. The van der Waals surface area contributed by atoms with E-state index in [-0.39, 0.29) is 5.91 Å². The van der Waals surface area contributed by atoms with E-state index in [1.165, 1.54) is 11.3 Å². The molecule has 3 heterocycles. The molecule has 0 N–H and O–H groups in total. The van der Waals surface area contributed by atoms with E-state index in [0.717, 1.165) is 34.0 Å². The van der Waals surface area contributed by atoms with Gasteiger partial charge in [0.2, 0.25) is 6.10 Å². The number of hydrogen-bond acceptors (Lipinski definition) is 5. The number of nitrogens with zero attached hydrogens (tertiary/aromatic N) is 4. The van der Waals surface area contributed by atoms with Gasteiger partial charge in [-0.1, -0.05) is 28.9 Å². The van der Waals surface area contributed by atoms with Crippen molar-refractivity contribution in [1.82, 2.24) is 14.5 Å². The van der Waals surface area contributed by atoms with Crippen LogP contribution in [0.4, 0.5) is 0 Å². The number of para-hydroxylation sites is 2. The Balaban J connectivity index is 1.46. The summed E-state index contributed by atoms with van der Waals surface area (Å²) in [6, 6.07) is 11.7. The van der Waals surface area contributed by atoms with E-state index in [9.17, 15) is 4.79 Å². The number of imidazole rings is 1. The van der Waals surface area contributed by atoms with Crippen LogP contribution in [0.3, 0.4) is 0 Å². The van der Waals surface area contributed by atoms with Crippen LogP contribution in [0, 0.1) is 0 Å². The first-order valence-corrected chi connectivity index (χ1v) is 9.93. The number of hydrogen-bond donors (Lipinski definition) is 0. The number of thiophene rings is 1. The molecule has 0 spiro atoms. The first-order chi connectivity index (χ1) is 13.1. The van der Waals surface area contributed by atoms with Crippen molar-refractivity contribution in [1.29, 1.82) is 0 Å². The van der Waals surface area contributed by atoms with Crippen LogP contribution in [-0.4, -0.2) is 39.2 Å². The highest BCUT2D eigenvalue weighted by Crippen LogP contribution is 2.27. The van der Waals surface area contributed by atoms with E-state index in [1.54, 1.807) is 11.9 Å². The van der Waals surface area contributed by atoms with Crippen molar-refractivity contribution in [2.75, 3.05) is 7.05 Å². The highest BCUT2D eigenvalue weighted by atomic mass is 35.5. The first kappa shape index (κ1) is 18.0. The summed E-state index contributed by atoms with van der Waals surface area (Å²) >= 11 is 7.41. The van der Waals surface area contributed by atoms with Crippen molar-refractivity contribution in [3.63, 3.8) is 0 Å². The third-order valence-corrected chi connectivity index (χ3v) is 5.89. The van der Waals surface area contributed by atoms with Crippen molar-refractivity contribution >= 4 is 45.6 Å². The molecule has 0 aliphatic carbocycles. The molecule has 1 aliphatic rings. The third-order valence-electron chi connectivity index (χ3n) is 4.61. The Morgan fingerprint density at radius 1 is 1.37 bits per heavy atom. The van der Waals surface area contributed by atoms with Crippen molar-refractivity contribution < 1.29 is 9.63 Å². The van der Waals surface area contributed by atoms with Crippen molar-refractivity contribution in [2.45, 2.75) is 32.5 Å². The molecule has 1 atom stereocenters. The Labute approximate surface area is 166 Å². The van der Waals surface area contributed by atoms with Crippen LogP contribution in [-0.2, 0) is 22.7 Å². The number of rotatable bonds is 5. The largest absolute Gasteiger partial charge is 0.382 e. The second-order valence-electron chi connectivity index (χ2n) is 6.40. The highest BCUT2D eigenvalue weighted by Gasteiger charge is 2.32. The lowest BCUT2D eigenvalue weighted by molar-refractivity contribution is -0.141. The fraction of sp³-hybridized carbons (Fsp3) is 0.316. The predicted molar refractivity (Wildman–Crippen MR) is 107 cm³/mol. The lowest BCUT2D eigenvalue weighted by Crippen LogP contribution is -2.36. The number of amides is 1. The fourth-order valence-electron chi connectivity index (χ4n) is 3.26. The monoisotopic (exact) mass is 402 g/mol. The van der Waals surface area contributed by atoms with Gasteiger partial charge in [-0.05, 0) is 31.2 Å². The van der Waals surface area contributed by atoms with Gasteiger partial charge in [-0.15, -0.1) is 11.3 Å². The molecule has 8 heteroatoms. The summed E-state index contributed by atoms with van der Waals surface area (Å²) in [4.78, 5) is 25.5. The number of halogens is 1. The lowest BCUT2D eigenvalue weighted by Gasteiger charge is -2.20. The second kappa shape index (κ2) is 7.32. The van der Waals surface area contributed by atoms with Gasteiger partial charge in [0.1, 0.15) is 11.5 Å². The Kier molecular flexibility index (Phi) is 4.88. The van der Waals surface area contributed by atoms with Gasteiger partial charge < -0.3 is 14.3 Å². The maximum Gasteiger partial charge on any atom is 0.267 e. The standard InChI is InChI=1S/C19H19ClN4O2S/c1-3-24-14-7-5-4-6-12(14)21-18(24)11-23(2)19(25)15-10-13(22-26-15)16-8-9-17(20)27-16/h4-9,15H,3,10-11H2,1-2H3. The van der Waals surface area contributed by atoms with E-state index < -0.39 is 6.10 Å². The maximum absolute atomic E-state index is 12.8. The molecule has 0 saturated carbocycles. The maximum atomic E-state index is 12.8. The normalized spacial score (nSPS) is 16.4.